The van der Waals surface area contributed by atoms with Crippen molar-refractivity contribution in [3.05, 3.63) is 47.5 Å². The van der Waals surface area contributed by atoms with Gasteiger partial charge in [-0.25, -0.2) is 9.67 Å². The van der Waals surface area contributed by atoms with Crippen LogP contribution in [0.5, 0.6) is 0 Å². The van der Waals surface area contributed by atoms with Gasteiger partial charge in [0.05, 0.1) is 12.1 Å². The van der Waals surface area contributed by atoms with Crippen molar-refractivity contribution in [1.82, 2.24) is 14.8 Å². The molecule has 1 heterocycles. The van der Waals surface area contributed by atoms with E-state index < -0.39 is 0 Å². The highest BCUT2D eigenvalue weighted by molar-refractivity contribution is 5.19. The molecule has 0 amide bonds. The molecule has 2 rings (SSSR count). The second-order valence-electron chi connectivity index (χ2n) is 4.33. The molecule has 0 fully saturated rings. The van der Waals surface area contributed by atoms with Gasteiger partial charge in [-0.05, 0) is 26.3 Å². The number of rotatable bonds is 3. The standard InChI is InChI=1S/C13H18N4/c1-9(17-11(3)15-10(2)16-17)13(14)12-7-5-4-6-8-12/h4-9,13H,14H2,1-3H3. The quantitative estimate of drug-likeness (QED) is 0.879. The Labute approximate surface area is 101 Å². The fourth-order valence-corrected chi connectivity index (χ4v) is 2.03. The van der Waals surface area contributed by atoms with Crippen LogP contribution in [-0.2, 0) is 0 Å². The Hall–Kier alpha value is -1.68. The van der Waals surface area contributed by atoms with E-state index in [0.29, 0.717) is 0 Å². The summed E-state index contributed by atoms with van der Waals surface area (Å²) in [5.74, 6) is 1.69. The maximum atomic E-state index is 6.26. The van der Waals surface area contributed by atoms with Crippen LogP contribution in [0.25, 0.3) is 0 Å². The van der Waals surface area contributed by atoms with Crippen molar-refractivity contribution >= 4 is 0 Å². The zero-order valence-electron chi connectivity index (χ0n) is 10.5. The highest BCUT2D eigenvalue weighted by Crippen LogP contribution is 2.23. The lowest BCUT2D eigenvalue weighted by molar-refractivity contribution is 0.404. The maximum Gasteiger partial charge on any atom is 0.147 e. The van der Waals surface area contributed by atoms with E-state index in [1.165, 1.54) is 0 Å². The molecule has 0 spiro atoms. The molecule has 17 heavy (non-hydrogen) atoms. The summed E-state index contributed by atoms with van der Waals surface area (Å²) >= 11 is 0. The fourth-order valence-electron chi connectivity index (χ4n) is 2.03. The minimum atomic E-state index is -0.0731. The van der Waals surface area contributed by atoms with Gasteiger partial charge < -0.3 is 5.73 Å². The van der Waals surface area contributed by atoms with Crippen LogP contribution < -0.4 is 5.73 Å². The van der Waals surface area contributed by atoms with Crippen LogP contribution in [0.4, 0.5) is 0 Å². The van der Waals surface area contributed by atoms with Crippen LogP contribution >= 0.6 is 0 Å². The third-order valence-corrected chi connectivity index (χ3v) is 3.00. The number of aromatic nitrogens is 3. The molecule has 0 aliphatic carbocycles. The Kier molecular flexibility index (Phi) is 3.24. The van der Waals surface area contributed by atoms with E-state index in [9.17, 15) is 0 Å². The van der Waals surface area contributed by atoms with Gasteiger partial charge in [0.1, 0.15) is 11.6 Å². The lowest BCUT2D eigenvalue weighted by Crippen LogP contribution is -2.24. The van der Waals surface area contributed by atoms with Crippen LogP contribution in [0.3, 0.4) is 0 Å². The fraction of sp³-hybridized carbons (Fsp3) is 0.385. The summed E-state index contributed by atoms with van der Waals surface area (Å²) < 4.78 is 1.90. The first-order valence-corrected chi connectivity index (χ1v) is 5.80. The van der Waals surface area contributed by atoms with Crippen molar-refractivity contribution in [1.29, 1.82) is 0 Å². The first-order valence-electron chi connectivity index (χ1n) is 5.80. The van der Waals surface area contributed by atoms with Gasteiger partial charge in [-0.3, -0.25) is 0 Å². The average Bonchev–Trinajstić information content (AvgIpc) is 2.68. The minimum absolute atomic E-state index is 0.0731. The highest BCUT2D eigenvalue weighted by atomic mass is 15.4. The van der Waals surface area contributed by atoms with Crippen molar-refractivity contribution in [3.63, 3.8) is 0 Å². The van der Waals surface area contributed by atoms with E-state index in [1.807, 2.05) is 48.9 Å². The average molecular weight is 230 g/mol. The normalized spacial score (nSPS) is 14.6. The molecule has 1 aromatic carbocycles. The van der Waals surface area contributed by atoms with Crippen LogP contribution in [-0.4, -0.2) is 14.8 Å². The molecule has 4 nitrogen and oxygen atoms in total. The number of hydrogen-bond donors (Lipinski definition) is 1. The van der Waals surface area contributed by atoms with Gasteiger partial charge >= 0.3 is 0 Å². The molecular formula is C13H18N4. The van der Waals surface area contributed by atoms with Crippen LogP contribution in [0.15, 0.2) is 30.3 Å². The molecule has 0 aliphatic heterocycles. The first kappa shape index (κ1) is 11.8. The monoisotopic (exact) mass is 230 g/mol. The third kappa shape index (κ3) is 2.36. The lowest BCUT2D eigenvalue weighted by atomic mass is 10.0. The van der Waals surface area contributed by atoms with Gasteiger partial charge in [0, 0.05) is 0 Å². The van der Waals surface area contributed by atoms with E-state index >= 15 is 0 Å². The molecule has 0 radical (unpaired) electrons. The van der Waals surface area contributed by atoms with Crippen molar-refractivity contribution in [2.75, 3.05) is 0 Å². The summed E-state index contributed by atoms with van der Waals surface area (Å²) in [6.07, 6.45) is 0. The Morgan fingerprint density at radius 1 is 1.18 bits per heavy atom. The van der Waals surface area contributed by atoms with Gasteiger partial charge in [-0.2, -0.15) is 5.10 Å². The predicted octanol–water partition coefficient (Wildman–Crippen LogP) is 2.16. The summed E-state index contributed by atoms with van der Waals surface area (Å²) in [4.78, 5) is 4.30. The molecule has 0 bridgehead atoms. The molecule has 1 aromatic heterocycles. The van der Waals surface area contributed by atoms with Crippen molar-refractivity contribution in [2.45, 2.75) is 32.9 Å². The van der Waals surface area contributed by atoms with Gasteiger partial charge in [0.15, 0.2) is 0 Å². The smallest absolute Gasteiger partial charge is 0.147 e. The summed E-state index contributed by atoms with van der Waals surface area (Å²) in [5, 5.41) is 4.38. The molecule has 2 unspecified atom stereocenters. The Morgan fingerprint density at radius 2 is 1.82 bits per heavy atom. The van der Waals surface area contributed by atoms with Crippen LogP contribution in [0, 0.1) is 13.8 Å². The Bertz CT molecular complexity index is 489. The Balaban J connectivity index is 2.26. The van der Waals surface area contributed by atoms with Crippen LogP contribution in [0.1, 0.15) is 36.2 Å². The van der Waals surface area contributed by atoms with Crippen molar-refractivity contribution < 1.29 is 0 Å². The Morgan fingerprint density at radius 3 is 2.35 bits per heavy atom. The summed E-state index contributed by atoms with van der Waals surface area (Å²) in [5.41, 5.74) is 7.38. The zero-order valence-corrected chi connectivity index (χ0v) is 10.5. The molecule has 4 heteroatoms. The summed E-state index contributed by atoms with van der Waals surface area (Å²) in [6, 6.07) is 10.1. The van der Waals surface area contributed by atoms with E-state index in [-0.39, 0.29) is 12.1 Å². The summed E-state index contributed by atoms with van der Waals surface area (Å²) in [7, 11) is 0. The number of nitrogens with zero attached hydrogens (tertiary/aromatic N) is 3. The number of hydrogen-bond acceptors (Lipinski definition) is 3. The van der Waals surface area contributed by atoms with Crippen molar-refractivity contribution in [2.24, 2.45) is 5.73 Å². The van der Waals surface area contributed by atoms with Gasteiger partial charge in [-0.1, -0.05) is 30.3 Å². The molecule has 2 N–H and O–H groups in total. The topological polar surface area (TPSA) is 56.7 Å². The van der Waals surface area contributed by atoms with Gasteiger partial charge in [0.25, 0.3) is 0 Å². The van der Waals surface area contributed by atoms with Crippen LogP contribution in [0.2, 0.25) is 0 Å². The van der Waals surface area contributed by atoms with E-state index in [0.717, 1.165) is 17.2 Å². The predicted molar refractivity (Wildman–Crippen MR) is 67.6 cm³/mol. The highest BCUT2D eigenvalue weighted by Gasteiger charge is 2.19. The molecule has 90 valence electrons. The number of benzene rings is 1. The zero-order chi connectivity index (χ0) is 12.4. The lowest BCUT2D eigenvalue weighted by Gasteiger charge is -2.21. The first-order chi connectivity index (χ1) is 8.09. The third-order valence-electron chi connectivity index (χ3n) is 3.00. The second kappa shape index (κ2) is 4.67. The molecule has 0 aliphatic rings. The van der Waals surface area contributed by atoms with Gasteiger partial charge in [-0.15, -0.1) is 0 Å². The second-order valence-corrected chi connectivity index (χ2v) is 4.33. The van der Waals surface area contributed by atoms with E-state index in [4.69, 9.17) is 5.73 Å². The van der Waals surface area contributed by atoms with Gasteiger partial charge in [0.2, 0.25) is 0 Å². The number of nitrogens with two attached hydrogens (primary N) is 1. The molecule has 2 atom stereocenters. The number of aryl methyl sites for hydroxylation is 2. The molecule has 0 saturated carbocycles. The van der Waals surface area contributed by atoms with Crippen molar-refractivity contribution in [3.8, 4) is 0 Å². The van der Waals surface area contributed by atoms with E-state index in [1.54, 1.807) is 0 Å². The molecular weight excluding hydrogens is 212 g/mol. The maximum absolute atomic E-state index is 6.26. The molecule has 2 aromatic rings. The molecule has 0 saturated heterocycles. The minimum Gasteiger partial charge on any atom is -0.322 e. The van der Waals surface area contributed by atoms with E-state index in [2.05, 4.69) is 17.0 Å². The largest absolute Gasteiger partial charge is 0.322 e. The summed E-state index contributed by atoms with van der Waals surface area (Å²) in [6.45, 7) is 5.91. The SMILES string of the molecule is Cc1nc(C)n(C(C)C(N)c2ccccc2)n1.